The Balaban J connectivity index is 1.11. The summed E-state index contributed by atoms with van der Waals surface area (Å²) in [5, 5.41) is 62.7. The van der Waals surface area contributed by atoms with E-state index in [1.165, 1.54) is 12.5 Å². The predicted octanol–water partition coefficient (Wildman–Crippen LogP) is 2.90. The third-order valence-corrected chi connectivity index (χ3v) is 16.2. The summed E-state index contributed by atoms with van der Waals surface area (Å²) in [5.41, 5.74) is -0.848. The van der Waals surface area contributed by atoms with Crippen molar-refractivity contribution in [3.8, 4) is 0 Å². The van der Waals surface area contributed by atoms with Gasteiger partial charge in [-0.2, -0.15) is 0 Å². The van der Waals surface area contributed by atoms with E-state index in [4.69, 9.17) is 28.4 Å². The monoisotopic (exact) mass is 808 g/mol. The van der Waals surface area contributed by atoms with Crippen LogP contribution in [0.1, 0.15) is 113 Å². The van der Waals surface area contributed by atoms with Crippen molar-refractivity contribution in [2.24, 2.45) is 45.3 Å². The van der Waals surface area contributed by atoms with Crippen molar-refractivity contribution >= 4 is 11.9 Å². The van der Waals surface area contributed by atoms with Gasteiger partial charge in [0.2, 0.25) is 0 Å². The van der Waals surface area contributed by atoms with Crippen molar-refractivity contribution in [2.75, 3.05) is 13.2 Å². The molecule has 57 heavy (non-hydrogen) atoms. The van der Waals surface area contributed by atoms with Crippen LogP contribution in [-0.4, -0.2) is 129 Å². The molecule has 7 rings (SSSR count). The number of rotatable bonds is 10. The van der Waals surface area contributed by atoms with E-state index in [0.29, 0.717) is 25.2 Å². The van der Waals surface area contributed by atoms with Gasteiger partial charge in [-0.1, -0.05) is 53.2 Å². The minimum atomic E-state index is -1.71. The standard InChI is InChI=1S/C43H68O14/c1-21(2)17-23(53-22(3)45)18-42(8)29-12-15-41(7)25-9-10-28-39(4,5)30(13-14-40(28,6)24(25)11-16-43(29,41)38(51)57-42)55-37-35(31(47)26(46)20-52-37)56-36-34(50)33(49)32(48)27(19-44)54-36/h9,21,23-24,26-37,44,46-50H,10-20H2,1-8H3. The molecule has 3 saturated carbocycles. The molecule has 3 saturated heterocycles. The molecule has 3 aliphatic heterocycles. The fourth-order valence-corrected chi connectivity index (χ4v) is 13.4. The highest BCUT2D eigenvalue weighted by atomic mass is 16.8. The first kappa shape index (κ1) is 43.4. The minimum Gasteiger partial charge on any atom is -0.462 e. The fourth-order valence-electron chi connectivity index (χ4n) is 13.4. The lowest BCUT2D eigenvalue weighted by atomic mass is 9.41. The van der Waals surface area contributed by atoms with E-state index in [1.54, 1.807) is 0 Å². The lowest BCUT2D eigenvalue weighted by Crippen LogP contribution is -2.64. The van der Waals surface area contributed by atoms with E-state index >= 15 is 0 Å². The molecule has 7 aliphatic rings. The Morgan fingerprint density at radius 1 is 0.895 bits per heavy atom. The molecule has 0 amide bonds. The average molecular weight is 809 g/mol. The van der Waals surface area contributed by atoms with Crippen LogP contribution in [0.15, 0.2) is 11.6 Å². The third-order valence-electron chi connectivity index (χ3n) is 16.2. The van der Waals surface area contributed by atoms with Crippen molar-refractivity contribution in [2.45, 2.75) is 186 Å². The summed E-state index contributed by atoms with van der Waals surface area (Å²) < 4.78 is 36.5. The normalized spacial score (nSPS) is 49.6. The highest BCUT2D eigenvalue weighted by Crippen LogP contribution is 2.76. The zero-order valence-corrected chi connectivity index (χ0v) is 35.0. The lowest BCUT2D eigenvalue weighted by molar-refractivity contribution is -0.366. The number of hydrogen-bond acceptors (Lipinski definition) is 14. The number of cyclic esters (lactones) is 1. The number of esters is 2. The number of fused-ring (bicyclic) bond motifs is 4. The number of carbonyl (C=O) groups is 2. The number of allylic oxidation sites excluding steroid dienone is 2. The molecule has 1 spiro atoms. The summed E-state index contributed by atoms with van der Waals surface area (Å²) in [6, 6.07) is 0. The van der Waals surface area contributed by atoms with Crippen LogP contribution in [0.4, 0.5) is 0 Å². The van der Waals surface area contributed by atoms with Crippen molar-refractivity contribution in [3.63, 3.8) is 0 Å². The second-order valence-electron chi connectivity index (χ2n) is 20.2. The van der Waals surface area contributed by atoms with E-state index in [1.807, 2.05) is 0 Å². The molecule has 14 heteroatoms. The maximum Gasteiger partial charge on any atom is 0.313 e. The van der Waals surface area contributed by atoms with Gasteiger partial charge in [0.05, 0.1) is 24.7 Å². The molecular formula is C43H68O14. The molecule has 4 aliphatic carbocycles. The van der Waals surface area contributed by atoms with Crippen LogP contribution in [-0.2, 0) is 38.0 Å². The first-order chi connectivity index (χ1) is 26.6. The molecule has 0 aromatic carbocycles. The summed E-state index contributed by atoms with van der Waals surface area (Å²) in [4.78, 5) is 26.5. The van der Waals surface area contributed by atoms with Crippen LogP contribution in [0.2, 0.25) is 0 Å². The molecule has 6 fully saturated rings. The molecule has 324 valence electrons. The molecule has 6 N–H and O–H groups in total. The predicted molar refractivity (Wildman–Crippen MR) is 203 cm³/mol. The van der Waals surface area contributed by atoms with Gasteiger partial charge >= 0.3 is 11.9 Å². The van der Waals surface area contributed by atoms with Crippen molar-refractivity contribution in [1.82, 2.24) is 0 Å². The van der Waals surface area contributed by atoms with Crippen LogP contribution in [0, 0.1) is 45.3 Å². The van der Waals surface area contributed by atoms with Gasteiger partial charge in [0, 0.05) is 24.7 Å². The van der Waals surface area contributed by atoms with Crippen molar-refractivity contribution < 1.29 is 68.6 Å². The van der Waals surface area contributed by atoms with Gasteiger partial charge in [0.1, 0.15) is 54.4 Å². The fraction of sp³-hybridized carbons (Fsp3) is 0.907. The molecule has 0 aromatic rings. The average Bonchev–Trinajstić information content (AvgIpc) is 3.57. The summed E-state index contributed by atoms with van der Waals surface area (Å²) >= 11 is 0. The van der Waals surface area contributed by atoms with Crippen LogP contribution >= 0.6 is 0 Å². The second-order valence-corrected chi connectivity index (χ2v) is 20.2. The summed E-state index contributed by atoms with van der Waals surface area (Å²) in [6.07, 6.45) is -4.42. The Hall–Kier alpha value is -1.72. The molecule has 18 unspecified atom stereocenters. The number of ether oxygens (including phenoxy) is 6. The molecule has 0 bridgehead atoms. The molecule has 0 radical (unpaired) electrons. The van der Waals surface area contributed by atoms with Crippen LogP contribution in [0.5, 0.6) is 0 Å². The maximum atomic E-state index is 14.4. The number of aliphatic hydroxyl groups is 6. The molecular weight excluding hydrogens is 740 g/mol. The van der Waals surface area contributed by atoms with Gasteiger partial charge in [-0.3, -0.25) is 9.59 Å². The van der Waals surface area contributed by atoms with Crippen molar-refractivity contribution in [1.29, 1.82) is 0 Å². The number of hydrogen-bond donors (Lipinski definition) is 6. The van der Waals surface area contributed by atoms with Gasteiger partial charge in [-0.25, -0.2) is 0 Å². The van der Waals surface area contributed by atoms with Crippen LogP contribution in [0.25, 0.3) is 0 Å². The highest BCUT2D eigenvalue weighted by molar-refractivity contribution is 5.83. The van der Waals surface area contributed by atoms with Gasteiger partial charge in [0.25, 0.3) is 0 Å². The second kappa shape index (κ2) is 15.3. The van der Waals surface area contributed by atoms with E-state index in [0.717, 1.165) is 38.5 Å². The Labute approximate surface area is 336 Å². The lowest BCUT2D eigenvalue weighted by Gasteiger charge is -2.64. The summed E-state index contributed by atoms with van der Waals surface area (Å²) in [7, 11) is 0. The maximum absolute atomic E-state index is 14.4. The van der Waals surface area contributed by atoms with Crippen molar-refractivity contribution in [3.05, 3.63) is 11.6 Å². The van der Waals surface area contributed by atoms with E-state index in [2.05, 4.69) is 54.5 Å². The Morgan fingerprint density at radius 2 is 1.61 bits per heavy atom. The molecule has 3 heterocycles. The van der Waals surface area contributed by atoms with Gasteiger partial charge in [-0.05, 0) is 86.9 Å². The Kier molecular flexibility index (Phi) is 11.7. The van der Waals surface area contributed by atoms with E-state index in [-0.39, 0.29) is 59.3 Å². The Bertz CT molecular complexity index is 1550. The highest BCUT2D eigenvalue weighted by Gasteiger charge is 2.76. The first-order valence-corrected chi connectivity index (χ1v) is 21.3. The van der Waals surface area contributed by atoms with Crippen LogP contribution < -0.4 is 0 Å². The number of aliphatic hydroxyl groups excluding tert-OH is 6. The van der Waals surface area contributed by atoms with E-state index < -0.39 is 78.3 Å². The zero-order chi connectivity index (χ0) is 41.6. The summed E-state index contributed by atoms with van der Waals surface area (Å²) in [6.45, 7) is 16.0. The SMILES string of the molecule is CC(=O)OC(CC(C)C)CC1(C)OC(=O)C23CCC4C(=CCC5C(C)(C)C(OC6OCC(O)C(O)C6OC6OC(CO)C(O)C(O)C6O)CCC45C)C2(C)CCC13. The zero-order valence-electron chi connectivity index (χ0n) is 35.0. The third kappa shape index (κ3) is 6.84. The molecule has 0 aromatic heterocycles. The topological polar surface area (TPSA) is 211 Å². The first-order valence-electron chi connectivity index (χ1n) is 21.3. The summed E-state index contributed by atoms with van der Waals surface area (Å²) in [5.74, 6) is 0.360. The molecule has 18 atom stereocenters. The number of carbonyl (C=O) groups excluding carboxylic acids is 2. The van der Waals surface area contributed by atoms with E-state index in [9.17, 15) is 40.2 Å². The quantitative estimate of drug-likeness (QED) is 0.139. The minimum absolute atomic E-state index is 0.0168. The van der Waals surface area contributed by atoms with Crippen LogP contribution in [0.3, 0.4) is 0 Å². The van der Waals surface area contributed by atoms with Gasteiger partial charge < -0.3 is 59.1 Å². The van der Waals surface area contributed by atoms with Gasteiger partial charge in [-0.15, -0.1) is 0 Å². The smallest absolute Gasteiger partial charge is 0.313 e. The largest absolute Gasteiger partial charge is 0.462 e. The Morgan fingerprint density at radius 3 is 2.28 bits per heavy atom. The van der Waals surface area contributed by atoms with Gasteiger partial charge in [0.15, 0.2) is 12.6 Å². The molecule has 14 nitrogen and oxygen atoms in total.